The lowest BCUT2D eigenvalue weighted by molar-refractivity contribution is 0.545. The normalized spacial score (nSPS) is 16.6. The van der Waals surface area contributed by atoms with Gasteiger partial charge in [-0.2, -0.15) is 0 Å². The molecule has 0 atom stereocenters. The summed E-state index contributed by atoms with van der Waals surface area (Å²) >= 11 is 0. The van der Waals surface area contributed by atoms with Crippen molar-refractivity contribution in [3.8, 4) is 33.4 Å². The Labute approximate surface area is 324 Å². The van der Waals surface area contributed by atoms with E-state index in [0.29, 0.717) is 0 Å². The quantitative estimate of drug-likeness (QED) is 0.177. The third kappa shape index (κ3) is 4.76. The van der Waals surface area contributed by atoms with Crippen molar-refractivity contribution in [1.29, 1.82) is 0 Å². The van der Waals surface area contributed by atoms with Crippen LogP contribution in [0.1, 0.15) is 128 Å². The molecule has 0 saturated heterocycles. The lowest BCUT2D eigenvalue weighted by atomic mass is 9.71. The second-order valence-electron chi connectivity index (χ2n) is 19.9. The molecule has 1 heteroatoms. The first kappa shape index (κ1) is 34.9. The smallest absolute Gasteiger partial charge is 0.0508 e. The molecule has 3 aliphatic rings. The van der Waals surface area contributed by atoms with Crippen LogP contribution < -0.4 is 4.90 Å². The maximum absolute atomic E-state index is 2.59. The molecule has 0 aliphatic heterocycles. The molecule has 0 saturated carbocycles. The molecule has 54 heavy (non-hydrogen) atoms. The molecule has 0 spiro atoms. The van der Waals surface area contributed by atoms with Gasteiger partial charge in [0, 0.05) is 27.6 Å². The zero-order valence-electron chi connectivity index (χ0n) is 34.4. The predicted molar refractivity (Wildman–Crippen MR) is 231 cm³/mol. The maximum atomic E-state index is 2.59. The fraction of sp³-hybridized carbons (Fsp3) is 0.321. The van der Waals surface area contributed by atoms with Gasteiger partial charge in [0.25, 0.3) is 0 Å². The van der Waals surface area contributed by atoms with Gasteiger partial charge in [0.05, 0.1) is 5.69 Å². The first-order valence-electron chi connectivity index (χ1n) is 20.0. The number of nitrogens with zero attached hydrogens (tertiary/aromatic N) is 1. The topological polar surface area (TPSA) is 3.24 Å². The van der Waals surface area contributed by atoms with Crippen LogP contribution in [0.25, 0.3) is 33.4 Å². The monoisotopic (exact) mass is 705 g/mol. The van der Waals surface area contributed by atoms with Crippen molar-refractivity contribution < 1.29 is 0 Å². The van der Waals surface area contributed by atoms with E-state index in [-0.39, 0.29) is 27.1 Å². The Bertz CT molecular complexity index is 2430. The van der Waals surface area contributed by atoms with Gasteiger partial charge in [0.1, 0.15) is 0 Å². The highest BCUT2D eigenvalue weighted by Crippen LogP contribution is 2.59. The van der Waals surface area contributed by atoms with Crippen LogP contribution >= 0.6 is 0 Å². The predicted octanol–water partition coefficient (Wildman–Crippen LogP) is 14.7. The van der Waals surface area contributed by atoms with Crippen LogP contribution in [-0.2, 0) is 27.1 Å². The zero-order valence-corrected chi connectivity index (χ0v) is 34.4. The van der Waals surface area contributed by atoms with E-state index in [1.54, 1.807) is 0 Å². The third-order valence-electron chi connectivity index (χ3n) is 13.3. The van der Waals surface area contributed by atoms with Gasteiger partial charge < -0.3 is 4.90 Å². The largest absolute Gasteiger partial charge is 0.310 e. The summed E-state index contributed by atoms with van der Waals surface area (Å²) in [6.07, 6.45) is 0. The number of benzene rings is 6. The summed E-state index contributed by atoms with van der Waals surface area (Å²) in [5.41, 5.74) is 22.7. The zero-order chi connectivity index (χ0) is 38.3. The fourth-order valence-corrected chi connectivity index (χ4v) is 10.4. The van der Waals surface area contributed by atoms with E-state index < -0.39 is 0 Å². The first-order chi connectivity index (χ1) is 25.3. The van der Waals surface area contributed by atoms with E-state index >= 15 is 0 Å². The fourth-order valence-electron chi connectivity index (χ4n) is 10.4. The lowest BCUT2D eigenvalue weighted by Crippen LogP contribution is -2.26. The van der Waals surface area contributed by atoms with E-state index in [2.05, 4.69) is 203 Å². The minimum atomic E-state index is -0.225. The summed E-state index contributed by atoms with van der Waals surface area (Å²) in [6, 6.07) is 44.6. The highest BCUT2D eigenvalue weighted by atomic mass is 15.1. The Morgan fingerprint density at radius 1 is 0.389 bits per heavy atom. The molecule has 272 valence electrons. The molecule has 0 unspecified atom stereocenters. The number of hydrogen-bond acceptors (Lipinski definition) is 1. The van der Waals surface area contributed by atoms with Crippen molar-refractivity contribution in [3.63, 3.8) is 0 Å². The standard InChI is InChI=1S/C53H55N/c1-49(2,3)32-28-40-39-20-17-23-46(48(39)53(11,12)47(40)45(29-32)50(4,5)6)54(33-24-26-37-35-18-13-15-21-41(35)51(7,8)43(37)30-33)34-25-27-38-36-19-14-16-22-42(36)52(9,10)44(38)31-34/h13-31H,1-12H3. The molecule has 0 radical (unpaired) electrons. The van der Waals surface area contributed by atoms with Crippen molar-refractivity contribution in [1.82, 2.24) is 0 Å². The lowest BCUT2D eigenvalue weighted by Gasteiger charge is -2.35. The van der Waals surface area contributed by atoms with Gasteiger partial charge in [-0.25, -0.2) is 0 Å². The number of fused-ring (bicyclic) bond motifs is 9. The van der Waals surface area contributed by atoms with Gasteiger partial charge in [-0.05, 0) is 119 Å². The van der Waals surface area contributed by atoms with Crippen molar-refractivity contribution in [2.24, 2.45) is 0 Å². The molecule has 0 aromatic heterocycles. The highest BCUT2D eigenvalue weighted by molar-refractivity contribution is 5.94. The van der Waals surface area contributed by atoms with E-state index in [0.717, 1.165) is 0 Å². The van der Waals surface area contributed by atoms with Crippen LogP contribution in [0.15, 0.2) is 115 Å². The van der Waals surface area contributed by atoms with Gasteiger partial charge in [-0.3, -0.25) is 0 Å². The van der Waals surface area contributed by atoms with Crippen LogP contribution in [0.4, 0.5) is 17.1 Å². The maximum Gasteiger partial charge on any atom is 0.0508 e. The molecule has 9 rings (SSSR count). The molecule has 3 aliphatic carbocycles. The third-order valence-corrected chi connectivity index (χ3v) is 13.3. The van der Waals surface area contributed by atoms with Gasteiger partial charge in [0.2, 0.25) is 0 Å². The summed E-state index contributed by atoms with van der Waals surface area (Å²) in [5.74, 6) is 0. The Kier molecular flexibility index (Phi) is 7.16. The highest BCUT2D eigenvalue weighted by Gasteiger charge is 2.44. The molecule has 0 fully saturated rings. The Morgan fingerprint density at radius 2 is 0.870 bits per heavy atom. The van der Waals surface area contributed by atoms with Crippen molar-refractivity contribution in [3.05, 3.63) is 160 Å². The van der Waals surface area contributed by atoms with Crippen molar-refractivity contribution in [2.45, 2.75) is 110 Å². The average molecular weight is 706 g/mol. The summed E-state index contributed by atoms with van der Waals surface area (Å²) < 4.78 is 0. The molecule has 0 amide bonds. The molecular weight excluding hydrogens is 651 g/mol. The minimum Gasteiger partial charge on any atom is -0.310 e. The van der Waals surface area contributed by atoms with Gasteiger partial charge in [0.15, 0.2) is 0 Å². The van der Waals surface area contributed by atoms with Crippen molar-refractivity contribution >= 4 is 17.1 Å². The SMILES string of the molecule is CC(C)(C)c1cc2c(c(C(C)(C)C)c1)C(C)(C)c1c-2cccc1N(c1ccc2c(c1)C(C)(C)c1ccccc1-2)c1ccc2c(c1)C(C)(C)c1ccccc1-2. The number of hydrogen-bond donors (Lipinski definition) is 0. The van der Waals surface area contributed by atoms with E-state index in [1.165, 1.54) is 95.0 Å². The summed E-state index contributed by atoms with van der Waals surface area (Å²) in [4.78, 5) is 2.59. The molecular formula is C53H55N. The van der Waals surface area contributed by atoms with Gasteiger partial charge in [-0.1, -0.05) is 168 Å². The molecule has 6 aromatic rings. The van der Waals surface area contributed by atoms with Crippen LogP contribution in [0.3, 0.4) is 0 Å². The minimum absolute atomic E-state index is 0.00828. The van der Waals surface area contributed by atoms with E-state index in [4.69, 9.17) is 0 Å². The first-order valence-corrected chi connectivity index (χ1v) is 20.0. The van der Waals surface area contributed by atoms with E-state index in [1.807, 2.05) is 0 Å². The van der Waals surface area contributed by atoms with Gasteiger partial charge in [-0.15, -0.1) is 0 Å². The molecule has 0 bridgehead atoms. The Hall–Kier alpha value is -4.88. The summed E-state index contributed by atoms with van der Waals surface area (Å²) in [5, 5.41) is 0. The second-order valence-corrected chi connectivity index (χ2v) is 19.9. The Balaban J connectivity index is 1.32. The molecule has 0 N–H and O–H groups in total. The number of anilines is 3. The average Bonchev–Trinajstić information content (AvgIpc) is 3.60. The van der Waals surface area contributed by atoms with Crippen molar-refractivity contribution in [2.75, 3.05) is 4.90 Å². The van der Waals surface area contributed by atoms with Crippen LogP contribution in [0.5, 0.6) is 0 Å². The van der Waals surface area contributed by atoms with Gasteiger partial charge >= 0.3 is 0 Å². The molecule has 0 heterocycles. The molecule has 1 nitrogen and oxygen atoms in total. The van der Waals surface area contributed by atoms with Crippen LogP contribution in [0, 0.1) is 0 Å². The summed E-state index contributed by atoms with van der Waals surface area (Å²) in [7, 11) is 0. The number of rotatable bonds is 3. The van der Waals surface area contributed by atoms with E-state index in [9.17, 15) is 0 Å². The Morgan fingerprint density at radius 3 is 1.37 bits per heavy atom. The molecule has 6 aromatic carbocycles. The summed E-state index contributed by atoms with van der Waals surface area (Å²) in [6.45, 7) is 28.7. The van der Waals surface area contributed by atoms with Crippen LogP contribution in [-0.4, -0.2) is 0 Å². The van der Waals surface area contributed by atoms with Crippen LogP contribution in [0.2, 0.25) is 0 Å². The second kappa shape index (κ2) is 11.1.